The van der Waals surface area contributed by atoms with Crippen molar-refractivity contribution in [1.29, 1.82) is 5.26 Å². The number of benzene rings is 1. The van der Waals surface area contributed by atoms with Crippen molar-refractivity contribution in [2.24, 2.45) is 0 Å². The molecule has 0 saturated carbocycles. The highest BCUT2D eigenvalue weighted by molar-refractivity contribution is 5.64. The third kappa shape index (κ3) is 3.63. The second-order valence-electron chi connectivity index (χ2n) is 3.87. The second-order valence-corrected chi connectivity index (χ2v) is 3.87. The molecule has 0 bridgehead atoms. The number of ether oxygens (including phenoxy) is 1. The van der Waals surface area contributed by atoms with E-state index in [-0.39, 0.29) is 0 Å². The van der Waals surface area contributed by atoms with Crippen LogP contribution in [0.2, 0.25) is 0 Å². The van der Waals surface area contributed by atoms with Gasteiger partial charge in [-0.1, -0.05) is 12.1 Å². The first-order valence-corrected chi connectivity index (χ1v) is 6.02. The highest BCUT2D eigenvalue weighted by Crippen LogP contribution is 2.18. The molecule has 7 heteroatoms. The maximum Gasteiger partial charge on any atom is 0.244 e. The summed E-state index contributed by atoms with van der Waals surface area (Å²) in [5.41, 5.74) is 1.22. The average molecular weight is 270 g/mol. The lowest BCUT2D eigenvalue weighted by molar-refractivity contribution is 0.210. The first-order chi connectivity index (χ1) is 9.83. The molecule has 1 aromatic carbocycles. The number of anilines is 3. The standard InChI is InChI=1S/C13H14N6O/c1-20-7-6-15-13-18-12(9-16-19-13)17-11-5-3-2-4-10(11)8-14/h2-5,9H,6-7H2,1H3,(H2,15,17,18,19). The molecule has 102 valence electrons. The molecule has 20 heavy (non-hydrogen) atoms. The smallest absolute Gasteiger partial charge is 0.244 e. The molecule has 0 radical (unpaired) electrons. The number of nitrogens with one attached hydrogen (secondary N) is 2. The number of nitriles is 1. The number of hydrogen-bond donors (Lipinski definition) is 2. The number of para-hydroxylation sites is 1. The van der Waals surface area contributed by atoms with Crippen LogP contribution in [0.25, 0.3) is 0 Å². The van der Waals surface area contributed by atoms with Crippen LogP contribution in [-0.4, -0.2) is 35.4 Å². The Labute approximate surface area is 116 Å². The van der Waals surface area contributed by atoms with Crippen molar-refractivity contribution in [3.05, 3.63) is 36.0 Å². The molecule has 0 spiro atoms. The number of rotatable bonds is 6. The van der Waals surface area contributed by atoms with Crippen LogP contribution in [0.4, 0.5) is 17.5 Å². The molecule has 1 aromatic heterocycles. The summed E-state index contributed by atoms with van der Waals surface area (Å²) in [5.74, 6) is 0.920. The van der Waals surface area contributed by atoms with Crippen LogP contribution in [-0.2, 0) is 4.74 Å². The van der Waals surface area contributed by atoms with E-state index in [1.54, 1.807) is 25.3 Å². The Bertz CT molecular complexity index is 610. The van der Waals surface area contributed by atoms with Crippen LogP contribution in [0.5, 0.6) is 0 Å². The molecule has 0 fully saturated rings. The summed E-state index contributed by atoms with van der Waals surface area (Å²) in [4.78, 5) is 4.25. The predicted molar refractivity (Wildman–Crippen MR) is 74.6 cm³/mol. The van der Waals surface area contributed by atoms with Gasteiger partial charge in [0.1, 0.15) is 6.07 Å². The third-order valence-corrected chi connectivity index (χ3v) is 2.46. The van der Waals surface area contributed by atoms with E-state index in [4.69, 9.17) is 10.00 Å². The summed E-state index contributed by atoms with van der Waals surface area (Å²) in [7, 11) is 1.62. The molecule has 0 saturated heterocycles. The van der Waals surface area contributed by atoms with Crippen LogP contribution in [0, 0.1) is 11.3 Å². The highest BCUT2D eigenvalue weighted by Gasteiger charge is 2.04. The van der Waals surface area contributed by atoms with Gasteiger partial charge in [-0.3, -0.25) is 0 Å². The van der Waals surface area contributed by atoms with E-state index >= 15 is 0 Å². The van der Waals surface area contributed by atoms with Gasteiger partial charge in [-0.25, -0.2) is 0 Å². The number of methoxy groups -OCH3 is 1. The van der Waals surface area contributed by atoms with E-state index in [0.717, 1.165) is 0 Å². The molecule has 7 nitrogen and oxygen atoms in total. The molecule has 0 unspecified atom stereocenters. The quantitative estimate of drug-likeness (QED) is 0.768. The highest BCUT2D eigenvalue weighted by atomic mass is 16.5. The predicted octanol–water partition coefficient (Wildman–Crippen LogP) is 1.55. The van der Waals surface area contributed by atoms with Crippen molar-refractivity contribution < 1.29 is 4.74 Å². The molecule has 1 heterocycles. The first-order valence-electron chi connectivity index (χ1n) is 6.02. The Morgan fingerprint density at radius 2 is 2.20 bits per heavy atom. The van der Waals surface area contributed by atoms with Crippen LogP contribution >= 0.6 is 0 Å². The lowest BCUT2D eigenvalue weighted by atomic mass is 10.2. The monoisotopic (exact) mass is 270 g/mol. The van der Waals surface area contributed by atoms with Crippen molar-refractivity contribution in [2.75, 3.05) is 30.9 Å². The molecule has 2 aromatic rings. The lowest BCUT2D eigenvalue weighted by Crippen LogP contribution is -2.11. The zero-order valence-electron chi connectivity index (χ0n) is 11.0. The van der Waals surface area contributed by atoms with Crippen molar-refractivity contribution in [3.8, 4) is 6.07 Å². The van der Waals surface area contributed by atoms with Crippen molar-refractivity contribution in [2.45, 2.75) is 0 Å². The molecular formula is C13H14N6O. The van der Waals surface area contributed by atoms with E-state index in [1.165, 1.54) is 6.20 Å². The Kier molecular flexibility index (Phi) is 4.81. The SMILES string of the molecule is COCCNc1nncc(Nc2ccccc2C#N)n1. The Balaban J connectivity index is 2.10. The lowest BCUT2D eigenvalue weighted by Gasteiger charge is -2.08. The van der Waals surface area contributed by atoms with Gasteiger partial charge in [-0.15, -0.1) is 5.10 Å². The largest absolute Gasteiger partial charge is 0.383 e. The molecule has 2 rings (SSSR count). The molecule has 2 N–H and O–H groups in total. The summed E-state index contributed by atoms with van der Waals surface area (Å²) < 4.78 is 4.93. The Hall–Kier alpha value is -2.72. The van der Waals surface area contributed by atoms with Gasteiger partial charge in [-0.05, 0) is 12.1 Å². The van der Waals surface area contributed by atoms with Crippen LogP contribution in [0.15, 0.2) is 30.5 Å². The summed E-state index contributed by atoms with van der Waals surface area (Å²) in [6.45, 7) is 1.15. The van der Waals surface area contributed by atoms with E-state index in [0.29, 0.717) is 36.2 Å². The van der Waals surface area contributed by atoms with E-state index in [9.17, 15) is 0 Å². The van der Waals surface area contributed by atoms with E-state index in [1.807, 2.05) is 6.07 Å². The number of aromatic nitrogens is 3. The average Bonchev–Trinajstić information content (AvgIpc) is 2.48. The third-order valence-electron chi connectivity index (χ3n) is 2.46. The zero-order valence-corrected chi connectivity index (χ0v) is 11.0. The minimum atomic E-state index is 0.404. The summed E-state index contributed by atoms with van der Waals surface area (Å²) in [5, 5.41) is 22.8. The zero-order chi connectivity index (χ0) is 14.2. The minimum absolute atomic E-state index is 0.404. The molecule has 0 aliphatic rings. The fourth-order valence-corrected chi connectivity index (χ4v) is 1.53. The molecule has 0 atom stereocenters. The van der Waals surface area contributed by atoms with Crippen molar-refractivity contribution in [3.63, 3.8) is 0 Å². The fraction of sp³-hybridized carbons (Fsp3) is 0.231. The van der Waals surface area contributed by atoms with Crippen molar-refractivity contribution in [1.82, 2.24) is 15.2 Å². The maximum absolute atomic E-state index is 9.03. The Morgan fingerprint density at radius 3 is 3.00 bits per heavy atom. The first kappa shape index (κ1) is 13.7. The van der Waals surface area contributed by atoms with Crippen LogP contribution < -0.4 is 10.6 Å². The van der Waals surface area contributed by atoms with Gasteiger partial charge >= 0.3 is 0 Å². The van der Waals surface area contributed by atoms with Gasteiger partial charge in [0, 0.05) is 13.7 Å². The maximum atomic E-state index is 9.03. The molecule has 0 aliphatic carbocycles. The van der Waals surface area contributed by atoms with Gasteiger partial charge in [-0.2, -0.15) is 15.3 Å². The number of hydrogen-bond acceptors (Lipinski definition) is 7. The van der Waals surface area contributed by atoms with E-state index < -0.39 is 0 Å². The van der Waals surface area contributed by atoms with E-state index in [2.05, 4.69) is 31.9 Å². The van der Waals surface area contributed by atoms with Gasteiger partial charge < -0.3 is 15.4 Å². The summed E-state index contributed by atoms with van der Waals surface area (Å²) >= 11 is 0. The number of nitrogens with zero attached hydrogens (tertiary/aromatic N) is 4. The summed E-state index contributed by atoms with van der Waals surface area (Å²) in [6.07, 6.45) is 1.50. The van der Waals surface area contributed by atoms with Gasteiger partial charge in [0.25, 0.3) is 0 Å². The van der Waals surface area contributed by atoms with Crippen molar-refractivity contribution >= 4 is 17.5 Å². The second kappa shape index (κ2) is 7.01. The van der Waals surface area contributed by atoms with Crippen LogP contribution in [0.3, 0.4) is 0 Å². The summed E-state index contributed by atoms with van der Waals surface area (Å²) in [6, 6.07) is 9.30. The topological polar surface area (TPSA) is 95.8 Å². The van der Waals surface area contributed by atoms with Gasteiger partial charge in [0.05, 0.1) is 24.1 Å². The fourth-order valence-electron chi connectivity index (χ4n) is 1.53. The van der Waals surface area contributed by atoms with Gasteiger partial charge in [0.2, 0.25) is 5.95 Å². The molecule has 0 aliphatic heterocycles. The molecule has 0 amide bonds. The molecular weight excluding hydrogens is 256 g/mol. The van der Waals surface area contributed by atoms with Crippen LogP contribution in [0.1, 0.15) is 5.56 Å². The van der Waals surface area contributed by atoms with Gasteiger partial charge in [0.15, 0.2) is 5.82 Å². The Morgan fingerprint density at radius 1 is 1.35 bits per heavy atom. The normalized spacial score (nSPS) is 9.80. The minimum Gasteiger partial charge on any atom is -0.383 e.